The molecule has 8 heteroatoms. The van der Waals surface area contributed by atoms with Crippen LogP contribution in [0.25, 0.3) is 11.0 Å². The van der Waals surface area contributed by atoms with Gasteiger partial charge < -0.3 is 24.3 Å². The number of hydrogen-bond acceptors (Lipinski definition) is 6. The van der Waals surface area contributed by atoms with Crippen molar-refractivity contribution in [3.8, 4) is 0 Å². The molecule has 1 aliphatic heterocycles. The van der Waals surface area contributed by atoms with Crippen molar-refractivity contribution in [3.05, 3.63) is 52.4 Å². The van der Waals surface area contributed by atoms with E-state index >= 15 is 0 Å². The van der Waals surface area contributed by atoms with E-state index in [9.17, 15) is 9.59 Å². The summed E-state index contributed by atoms with van der Waals surface area (Å²) < 4.78 is 11.4. The van der Waals surface area contributed by atoms with E-state index in [1.807, 2.05) is 47.5 Å². The number of nitrogens with zero attached hydrogens (tertiary/aromatic N) is 2. The number of rotatable bonds is 9. The van der Waals surface area contributed by atoms with Crippen molar-refractivity contribution in [2.24, 2.45) is 0 Å². The molecule has 1 aromatic carbocycles. The van der Waals surface area contributed by atoms with E-state index < -0.39 is 0 Å². The predicted octanol–water partition coefficient (Wildman–Crippen LogP) is 4.71. The van der Waals surface area contributed by atoms with Gasteiger partial charge in [-0.25, -0.2) is 0 Å². The highest BCUT2D eigenvalue weighted by atomic mass is 32.1. The molecule has 1 fully saturated rings. The Kier molecular flexibility index (Phi) is 7.80. The number of likely N-dealkylation sites (tertiary alicyclic amines) is 1. The lowest BCUT2D eigenvalue weighted by Crippen LogP contribution is -2.46. The van der Waals surface area contributed by atoms with Gasteiger partial charge >= 0.3 is 0 Å². The van der Waals surface area contributed by atoms with Gasteiger partial charge in [0, 0.05) is 44.3 Å². The number of ether oxygens (including phenoxy) is 1. The lowest BCUT2D eigenvalue weighted by Gasteiger charge is -2.36. The predicted molar refractivity (Wildman–Crippen MR) is 131 cm³/mol. The molecular weight excluding hydrogens is 438 g/mol. The Hall–Kier alpha value is -2.68. The van der Waals surface area contributed by atoms with Crippen LogP contribution < -0.4 is 5.32 Å². The molecule has 0 atom stereocenters. The highest BCUT2D eigenvalue weighted by Crippen LogP contribution is 2.33. The number of carbonyl (C=O) groups is 2. The average molecular weight is 470 g/mol. The Morgan fingerprint density at radius 1 is 1.21 bits per heavy atom. The Balaban J connectivity index is 1.45. The molecule has 0 spiro atoms. The summed E-state index contributed by atoms with van der Waals surface area (Å²) in [7, 11) is 2.14. The third-order valence-electron chi connectivity index (χ3n) is 6.15. The van der Waals surface area contributed by atoms with E-state index in [4.69, 9.17) is 9.15 Å². The number of nitrogens with one attached hydrogen (secondary N) is 1. The van der Waals surface area contributed by atoms with Crippen molar-refractivity contribution in [1.82, 2.24) is 9.80 Å². The third-order valence-corrected chi connectivity index (χ3v) is 7.02. The summed E-state index contributed by atoms with van der Waals surface area (Å²) in [6.45, 7) is 5.86. The molecule has 2 aromatic heterocycles. The summed E-state index contributed by atoms with van der Waals surface area (Å²) in [5.41, 5.74) is 1.04. The van der Waals surface area contributed by atoms with Gasteiger partial charge in [0.25, 0.3) is 11.8 Å². The molecule has 7 nitrogen and oxygen atoms in total. The van der Waals surface area contributed by atoms with E-state index in [1.165, 1.54) is 11.3 Å². The van der Waals surface area contributed by atoms with Gasteiger partial charge in [0.2, 0.25) is 5.76 Å². The molecule has 33 heavy (non-hydrogen) atoms. The number of piperidine rings is 1. The second kappa shape index (κ2) is 11.0. The zero-order valence-electron chi connectivity index (χ0n) is 19.2. The summed E-state index contributed by atoms with van der Waals surface area (Å²) in [5, 5.41) is 5.51. The van der Waals surface area contributed by atoms with E-state index in [0.717, 1.165) is 44.4 Å². The van der Waals surface area contributed by atoms with Crippen LogP contribution >= 0.6 is 11.3 Å². The minimum atomic E-state index is -0.238. The monoisotopic (exact) mass is 469 g/mol. The van der Waals surface area contributed by atoms with Crippen molar-refractivity contribution < 1.29 is 18.7 Å². The maximum Gasteiger partial charge on any atom is 0.291 e. The molecule has 1 saturated heterocycles. The molecule has 0 saturated carbocycles. The van der Waals surface area contributed by atoms with Crippen LogP contribution in [-0.4, -0.2) is 67.6 Å². The molecule has 0 radical (unpaired) electrons. The molecule has 3 aromatic rings. The fraction of sp³-hybridized carbons (Fsp3) is 0.440. The summed E-state index contributed by atoms with van der Waals surface area (Å²) in [6, 6.07) is 11.5. The van der Waals surface area contributed by atoms with E-state index in [1.54, 1.807) is 6.07 Å². The van der Waals surface area contributed by atoms with Gasteiger partial charge in [0.15, 0.2) is 0 Å². The van der Waals surface area contributed by atoms with Gasteiger partial charge in [0.1, 0.15) is 11.3 Å². The Bertz CT molecular complexity index is 1070. The third kappa shape index (κ3) is 5.46. The molecule has 2 amide bonds. The number of anilines is 1. The Morgan fingerprint density at radius 3 is 2.73 bits per heavy atom. The largest absolute Gasteiger partial charge is 0.449 e. The maximum atomic E-state index is 13.4. The quantitative estimate of drug-likeness (QED) is 0.460. The first kappa shape index (κ1) is 23.5. The number of carbonyl (C=O) groups excluding carboxylic acids is 2. The molecule has 4 rings (SSSR count). The Morgan fingerprint density at radius 2 is 2.00 bits per heavy atom. The van der Waals surface area contributed by atoms with Crippen LogP contribution in [0.15, 0.2) is 46.2 Å². The van der Waals surface area contributed by atoms with Gasteiger partial charge in [-0.15, -0.1) is 11.3 Å². The molecule has 3 heterocycles. The highest BCUT2D eigenvalue weighted by Gasteiger charge is 2.30. The summed E-state index contributed by atoms with van der Waals surface area (Å²) in [6.07, 6.45) is 2.83. The zero-order valence-corrected chi connectivity index (χ0v) is 20.0. The van der Waals surface area contributed by atoms with Crippen molar-refractivity contribution in [2.75, 3.05) is 45.2 Å². The Labute approximate surface area is 198 Å². The molecular formula is C25H31N3O4S. The second-order valence-corrected chi connectivity index (χ2v) is 9.24. The number of benzene rings is 1. The number of hydrogen-bond donors (Lipinski definition) is 1. The first-order valence-corrected chi connectivity index (χ1v) is 12.4. The molecule has 0 aliphatic carbocycles. The van der Waals surface area contributed by atoms with Crippen molar-refractivity contribution in [1.29, 1.82) is 0 Å². The molecule has 0 bridgehead atoms. The smallest absolute Gasteiger partial charge is 0.291 e. The van der Waals surface area contributed by atoms with E-state index in [-0.39, 0.29) is 17.6 Å². The number of para-hydroxylation sites is 1. The van der Waals surface area contributed by atoms with Crippen LogP contribution in [0.2, 0.25) is 0 Å². The summed E-state index contributed by atoms with van der Waals surface area (Å²) in [5.74, 6) is -0.215. The lowest BCUT2D eigenvalue weighted by molar-refractivity contribution is 0.0606. The van der Waals surface area contributed by atoms with Gasteiger partial charge in [-0.3, -0.25) is 9.59 Å². The standard InChI is InChI=1S/C25H31N3O4S/c1-3-31-16-7-13-27(2)18-11-14-28(15-12-18)25(30)23-22(19-8-4-5-9-20(19)32-23)26-24(29)21-10-6-17-33-21/h4-6,8-10,17-18H,3,7,11-16H2,1-2H3,(H,26,29). The zero-order chi connectivity index (χ0) is 23.2. The molecule has 1 aliphatic rings. The average Bonchev–Trinajstić information content (AvgIpc) is 3.50. The van der Waals surface area contributed by atoms with Gasteiger partial charge in [-0.1, -0.05) is 18.2 Å². The topological polar surface area (TPSA) is 75.0 Å². The molecule has 176 valence electrons. The van der Waals surface area contributed by atoms with Crippen molar-refractivity contribution >= 4 is 39.8 Å². The number of furan rings is 1. The molecule has 0 unspecified atom stereocenters. The lowest BCUT2D eigenvalue weighted by atomic mass is 10.0. The SMILES string of the molecule is CCOCCCN(C)C1CCN(C(=O)c2oc3ccccc3c2NC(=O)c2cccs2)CC1. The van der Waals surface area contributed by atoms with Gasteiger partial charge in [-0.2, -0.15) is 0 Å². The highest BCUT2D eigenvalue weighted by molar-refractivity contribution is 7.12. The van der Waals surface area contributed by atoms with Crippen molar-refractivity contribution in [2.45, 2.75) is 32.2 Å². The number of fused-ring (bicyclic) bond motifs is 1. The fourth-order valence-corrected chi connectivity index (χ4v) is 4.92. The van der Waals surface area contributed by atoms with E-state index in [0.29, 0.717) is 35.3 Å². The van der Waals surface area contributed by atoms with Gasteiger partial charge in [0.05, 0.1) is 4.88 Å². The maximum absolute atomic E-state index is 13.4. The second-order valence-electron chi connectivity index (χ2n) is 8.29. The fourth-order valence-electron chi connectivity index (χ4n) is 4.30. The van der Waals surface area contributed by atoms with Crippen LogP contribution in [0.1, 0.15) is 46.4 Å². The normalized spacial score (nSPS) is 14.8. The minimum Gasteiger partial charge on any atom is -0.449 e. The number of amides is 2. The number of thiophene rings is 1. The van der Waals surface area contributed by atoms with Crippen LogP contribution in [0.4, 0.5) is 5.69 Å². The van der Waals surface area contributed by atoms with Crippen LogP contribution in [0, 0.1) is 0 Å². The van der Waals surface area contributed by atoms with Crippen molar-refractivity contribution in [3.63, 3.8) is 0 Å². The van der Waals surface area contributed by atoms with Gasteiger partial charge in [-0.05, 0) is 56.8 Å². The van der Waals surface area contributed by atoms with Crippen LogP contribution in [0.3, 0.4) is 0 Å². The first-order chi connectivity index (χ1) is 16.1. The van der Waals surface area contributed by atoms with Crippen LogP contribution in [-0.2, 0) is 4.74 Å². The molecule has 1 N–H and O–H groups in total. The minimum absolute atomic E-state index is 0.176. The van der Waals surface area contributed by atoms with E-state index in [2.05, 4.69) is 17.3 Å². The summed E-state index contributed by atoms with van der Waals surface area (Å²) in [4.78, 5) is 31.0. The van der Waals surface area contributed by atoms with Crippen LogP contribution in [0.5, 0.6) is 0 Å². The first-order valence-electron chi connectivity index (χ1n) is 11.5. The summed E-state index contributed by atoms with van der Waals surface area (Å²) >= 11 is 1.36.